The zero-order valence-corrected chi connectivity index (χ0v) is 11.4. The monoisotopic (exact) mass is 305 g/mol. The molecule has 0 atom stereocenters. The van der Waals surface area contributed by atoms with E-state index in [2.05, 4.69) is 26.5 Å². The molecule has 0 fully saturated rings. The first kappa shape index (κ1) is 12.6. The van der Waals surface area contributed by atoms with E-state index in [1.807, 2.05) is 42.1 Å². The number of carbonyl (C=O) groups excluding carboxylic acids is 1. The molecular formula is C13H12BrN3O. The van der Waals surface area contributed by atoms with Gasteiger partial charge in [-0.2, -0.15) is 5.10 Å². The van der Waals surface area contributed by atoms with E-state index >= 15 is 0 Å². The van der Waals surface area contributed by atoms with Gasteiger partial charge in [0.15, 0.2) is 0 Å². The summed E-state index contributed by atoms with van der Waals surface area (Å²) in [6, 6.07) is 10.9. The number of hydrogen-bond acceptors (Lipinski definition) is 2. The van der Waals surface area contributed by atoms with Crippen molar-refractivity contribution in [2.45, 2.75) is 0 Å². The molecule has 0 unspecified atom stereocenters. The van der Waals surface area contributed by atoms with Gasteiger partial charge >= 0.3 is 0 Å². The first-order valence-electron chi connectivity index (χ1n) is 5.37. The van der Waals surface area contributed by atoms with Crippen LogP contribution in [0.2, 0.25) is 0 Å². The highest BCUT2D eigenvalue weighted by Crippen LogP contribution is 2.10. The van der Waals surface area contributed by atoms with Crippen LogP contribution in [-0.2, 0) is 7.05 Å². The van der Waals surface area contributed by atoms with Crippen LogP contribution in [0.5, 0.6) is 0 Å². The molecule has 18 heavy (non-hydrogen) atoms. The van der Waals surface area contributed by atoms with Gasteiger partial charge in [-0.05, 0) is 36.4 Å². The van der Waals surface area contributed by atoms with E-state index in [9.17, 15) is 4.79 Å². The fourth-order valence-electron chi connectivity index (χ4n) is 1.43. The van der Waals surface area contributed by atoms with Gasteiger partial charge in [0.25, 0.3) is 5.91 Å². The Kier molecular flexibility index (Phi) is 3.94. The second-order valence-electron chi connectivity index (χ2n) is 3.75. The van der Waals surface area contributed by atoms with Crippen molar-refractivity contribution >= 4 is 28.1 Å². The summed E-state index contributed by atoms with van der Waals surface area (Å²) in [4.78, 5) is 11.7. The van der Waals surface area contributed by atoms with Crippen LogP contribution in [-0.4, -0.2) is 16.7 Å². The van der Waals surface area contributed by atoms with Crippen LogP contribution in [0.1, 0.15) is 16.1 Å². The number of hydrogen-bond donors (Lipinski definition) is 1. The molecule has 2 rings (SSSR count). The maximum Gasteiger partial charge on any atom is 0.271 e. The van der Waals surface area contributed by atoms with Gasteiger partial charge in [-0.3, -0.25) is 4.79 Å². The number of carbonyl (C=O) groups is 1. The highest BCUT2D eigenvalue weighted by Gasteiger charge is 2.02. The molecule has 0 radical (unpaired) electrons. The molecule has 1 aromatic heterocycles. The molecule has 0 aliphatic rings. The van der Waals surface area contributed by atoms with Crippen LogP contribution < -0.4 is 5.43 Å². The van der Waals surface area contributed by atoms with Gasteiger partial charge in [-0.1, -0.05) is 15.9 Å². The predicted molar refractivity (Wildman–Crippen MR) is 74.6 cm³/mol. The molecule has 0 spiro atoms. The Balaban J connectivity index is 1.98. The average Bonchev–Trinajstić information content (AvgIpc) is 2.76. The maximum absolute atomic E-state index is 11.7. The molecule has 0 saturated carbocycles. The van der Waals surface area contributed by atoms with E-state index in [0.29, 0.717) is 5.56 Å². The van der Waals surface area contributed by atoms with Crippen molar-refractivity contribution in [3.8, 4) is 0 Å². The van der Waals surface area contributed by atoms with Gasteiger partial charge in [0, 0.05) is 23.3 Å². The Bertz CT molecular complexity index is 572. The van der Waals surface area contributed by atoms with E-state index in [4.69, 9.17) is 0 Å². The number of hydrazone groups is 1. The molecule has 0 saturated heterocycles. The van der Waals surface area contributed by atoms with Crippen LogP contribution in [0.3, 0.4) is 0 Å². The Morgan fingerprint density at radius 3 is 2.67 bits per heavy atom. The summed E-state index contributed by atoms with van der Waals surface area (Å²) in [5.74, 6) is -0.229. The third-order valence-corrected chi connectivity index (χ3v) is 2.98. The number of nitrogens with one attached hydrogen (secondary N) is 1. The summed E-state index contributed by atoms with van der Waals surface area (Å²) in [7, 11) is 1.91. The minimum Gasteiger partial charge on any atom is -0.350 e. The highest BCUT2D eigenvalue weighted by atomic mass is 79.9. The van der Waals surface area contributed by atoms with E-state index in [1.54, 1.807) is 18.3 Å². The number of rotatable bonds is 3. The Morgan fingerprint density at radius 1 is 1.33 bits per heavy atom. The van der Waals surface area contributed by atoms with Gasteiger partial charge in [0.2, 0.25) is 0 Å². The summed E-state index contributed by atoms with van der Waals surface area (Å²) in [6.45, 7) is 0. The lowest BCUT2D eigenvalue weighted by Gasteiger charge is -2.00. The van der Waals surface area contributed by atoms with Crippen molar-refractivity contribution in [2.75, 3.05) is 0 Å². The normalized spacial score (nSPS) is 10.8. The summed E-state index contributed by atoms with van der Waals surface area (Å²) in [6.07, 6.45) is 3.52. The molecule has 0 bridgehead atoms. The molecule has 5 heteroatoms. The van der Waals surface area contributed by atoms with Crippen LogP contribution in [0, 0.1) is 0 Å². The third kappa shape index (κ3) is 3.07. The lowest BCUT2D eigenvalue weighted by atomic mass is 10.2. The highest BCUT2D eigenvalue weighted by molar-refractivity contribution is 9.10. The van der Waals surface area contributed by atoms with Crippen molar-refractivity contribution in [3.63, 3.8) is 0 Å². The zero-order valence-electron chi connectivity index (χ0n) is 9.80. The minimum absolute atomic E-state index is 0.229. The molecule has 1 aromatic carbocycles. The molecule has 0 aliphatic carbocycles. The average molecular weight is 306 g/mol. The predicted octanol–water partition coefficient (Wildman–Crippen LogP) is 2.55. The van der Waals surface area contributed by atoms with Gasteiger partial charge < -0.3 is 4.57 Å². The summed E-state index contributed by atoms with van der Waals surface area (Å²) < 4.78 is 2.85. The third-order valence-electron chi connectivity index (χ3n) is 2.45. The lowest BCUT2D eigenvalue weighted by molar-refractivity contribution is 0.0955. The number of benzene rings is 1. The van der Waals surface area contributed by atoms with Crippen LogP contribution in [0.15, 0.2) is 52.2 Å². The maximum atomic E-state index is 11.7. The van der Waals surface area contributed by atoms with E-state index in [1.165, 1.54) is 0 Å². The van der Waals surface area contributed by atoms with Crippen molar-refractivity contribution in [2.24, 2.45) is 12.1 Å². The topological polar surface area (TPSA) is 46.4 Å². The largest absolute Gasteiger partial charge is 0.350 e. The molecule has 2 aromatic rings. The molecule has 1 heterocycles. The van der Waals surface area contributed by atoms with Gasteiger partial charge in [-0.15, -0.1) is 0 Å². The Labute approximate surface area is 113 Å². The molecule has 4 nitrogen and oxygen atoms in total. The molecule has 0 aliphatic heterocycles. The fourth-order valence-corrected chi connectivity index (χ4v) is 1.70. The van der Waals surface area contributed by atoms with Crippen molar-refractivity contribution in [1.29, 1.82) is 0 Å². The van der Waals surface area contributed by atoms with Crippen molar-refractivity contribution in [3.05, 3.63) is 58.3 Å². The first-order chi connectivity index (χ1) is 8.66. The smallest absolute Gasteiger partial charge is 0.271 e. The standard InChI is InChI=1S/C13H12BrN3O/c1-17-8-2-3-12(17)9-15-16-13(18)10-4-6-11(14)7-5-10/h2-9H,1H3,(H,16,18)/b15-9-. The van der Waals surface area contributed by atoms with E-state index < -0.39 is 0 Å². The Hall–Kier alpha value is -1.88. The van der Waals surface area contributed by atoms with E-state index in [0.717, 1.165) is 10.2 Å². The number of aromatic nitrogens is 1. The lowest BCUT2D eigenvalue weighted by Crippen LogP contribution is -2.17. The van der Waals surface area contributed by atoms with Crippen LogP contribution in [0.4, 0.5) is 0 Å². The molecular weight excluding hydrogens is 294 g/mol. The zero-order chi connectivity index (χ0) is 13.0. The minimum atomic E-state index is -0.229. The van der Waals surface area contributed by atoms with Crippen LogP contribution >= 0.6 is 15.9 Å². The van der Waals surface area contributed by atoms with Gasteiger partial charge in [0.1, 0.15) is 0 Å². The molecule has 1 N–H and O–H groups in total. The number of nitrogens with zero attached hydrogens (tertiary/aromatic N) is 2. The Morgan fingerprint density at radius 2 is 2.06 bits per heavy atom. The van der Waals surface area contributed by atoms with Crippen LogP contribution in [0.25, 0.3) is 0 Å². The summed E-state index contributed by atoms with van der Waals surface area (Å²) in [5.41, 5.74) is 3.98. The van der Waals surface area contributed by atoms with E-state index in [-0.39, 0.29) is 5.91 Å². The number of aryl methyl sites for hydroxylation is 1. The summed E-state index contributed by atoms with van der Waals surface area (Å²) in [5, 5.41) is 3.92. The number of amides is 1. The van der Waals surface area contributed by atoms with Crippen molar-refractivity contribution in [1.82, 2.24) is 9.99 Å². The second-order valence-corrected chi connectivity index (χ2v) is 4.67. The summed E-state index contributed by atoms with van der Waals surface area (Å²) >= 11 is 3.32. The molecule has 92 valence electrons. The first-order valence-corrected chi connectivity index (χ1v) is 6.16. The SMILES string of the molecule is Cn1cccc1/C=N\NC(=O)c1ccc(Br)cc1. The molecule has 1 amide bonds. The fraction of sp³-hybridized carbons (Fsp3) is 0.0769. The number of halogens is 1. The second kappa shape index (κ2) is 5.64. The quantitative estimate of drug-likeness (QED) is 0.687. The van der Waals surface area contributed by atoms with Crippen molar-refractivity contribution < 1.29 is 4.79 Å². The van der Waals surface area contributed by atoms with Gasteiger partial charge in [-0.25, -0.2) is 5.43 Å². The van der Waals surface area contributed by atoms with Gasteiger partial charge in [0.05, 0.1) is 11.9 Å².